The minimum Gasteiger partial charge on any atom is -0.366 e. The van der Waals surface area contributed by atoms with E-state index in [2.05, 4.69) is 34.2 Å². The summed E-state index contributed by atoms with van der Waals surface area (Å²) in [6, 6.07) is 0. The van der Waals surface area contributed by atoms with Crippen molar-refractivity contribution in [2.45, 2.75) is 13.8 Å². The van der Waals surface area contributed by atoms with Crippen molar-refractivity contribution >= 4 is 11.7 Å². The van der Waals surface area contributed by atoms with Gasteiger partial charge in [0.15, 0.2) is 0 Å². The molecule has 2 rings (SSSR count). The van der Waals surface area contributed by atoms with Gasteiger partial charge in [0.1, 0.15) is 6.33 Å². The number of aromatic nitrogens is 5. The second-order valence-corrected chi connectivity index (χ2v) is 2.88. The first-order valence-corrected chi connectivity index (χ1v) is 4.57. The zero-order valence-corrected chi connectivity index (χ0v) is 8.25. The normalized spacial score (nSPS) is 11.0. The molecule has 2 aromatic heterocycles. The SMILES string of the molecule is CCN(CC)n1cnn2c(N)nnc12. The second kappa shape index (κ2) is 3.17. The van der Waals surface area contributed by atoms with E-state index in [1.54, 1.807) is 6.33 Å². The van der Waals surface area contributed by atoms with Gasteiger partial charge in [-0.3, -0.25) is 0 Å². The van der Waals surface area contributed by atoms with Crippen LogP contribution in [0.2, 0.25) is 0 Å². The quantitative estimate of drug-likeness (QED) is 0.713. The van der Waals surface area contributed by atoms with Gasteiger partial charge in [-0.2, -0.15) is 9.61 Å². The topological polar surface area (TPSA) is 77.3 Å². The number of anilines is 1. The summed E-state index contributed by atoms with van der Waals surface area (Å²) in [6.45, 7) is 5.91. The van der Waals surface area contributed by atoms with E-state index in [9.17, 15) is 0 Å². The summed E-state index contributed by atoms with van der Waals surface area (Å²) in [5, 5.41) is 13.9. The highest BCUT2D eigenvalue weighted by molar-refractivity contribution is 5.35. The predicted octanol–water partition coefficient (Wildman–Crippen LogP) is -0.514. The fourth-order valence-electron chi connectivity index (χ4n) is 1.42. The Balaban J connectivity index is 2.51. The van der Waals surface area contributed by atoms with Gasteiger partial charge in [0.2, 0.25) is 5.95 Å². The molecule has 0 atom stereocenters. The second-order valence-electron chi connectivity index (χ2n) is 2.88. The third-order valence-corrected chi connectivity index (χ3v) is 2.16. The van der Waals surface area contributed by atoms with E-state index < -0.39 is 0 Å². The molecule has 14 heavy (non-hydrogen) atoms. The first-order valence-electron chi connectivity index (χ1n) is 4.57. The Hall–Kier alpha value is -1.79. The molecule has 0 unspecified atom stereocenters. The van der Waals surface area contributed by atoms with E-state index in [1.165, 1.54) is 4.52 Å². The summed E-state index contributed by atoms with van der Waals surface area (Å²) in [5.41, 5.74) is 5.57. The maximum Gasteiger partial charge on any atom is 0.274 e. The van der Waals surface area contributed by atoms with Gasteiger partial charge in [-0.05, 0) is 13.8 Å². The Labute approximate surface area is 81.1 Å². The Kier molecular flexibility index (Phi) is 1.99. The van der Waals surface area contributed by atoms with E-state index in [0.29, 0.717) is 11.7 Å². The van der Waals surface area contributed by atoms with Gasteiger partial charge in [-0.15, -0.1) is 10.2 Å². The minimum absolute atomic E-state index is 0.311. The number of rotatable bonds is 3. The summed E-state index contributed by atoms with van der Waals surface area (Å²) < 4.78 is 3.36. The fraction of sp³-hybridized carbons (Fsp3) is 0.571. The highest BCUT2D eigenvalue weighted by Crippen LogP contribution is 2.03. The van der Waals surface area contributed by atoms with Gasteiger partial charge >= 0.3 is 0 Å². The van der Waals surface area contributed by atoms with E-state index in [-0.39, 0.29) is 0 Å². The van der Waals surface area contributed by atoms with Crippen LogP contribution in [0.4, 0.5) is 5.95 Å². The summed E-state index contributed by atoms with van der Waals surface area (Å²) in [5.74, 6) is 0.956. The molecule has 2 N–H and O–H groups in total. The molecule has 0 aliphatic carbocycles. The fourth-order valence-corrected chi connectivity index (χ4v) is 1.42. The Bertz CT molecular complexity index is 424. The molecule has 0 amide bonds. The van der Waals surface area contributed by atoms with Gasteiger partial charge < -0.3 is 10.7 Å². The van der Waals surface area contributed by atoms with Gasteiger partial charge in [0.25, 0.3) is 5.78 Å². The van der Waals surface area contributed by atoms with Gasteiger partial charge in [-0.25, -0.2) is 4.68 Å². The Morgan fingerprint density at radius 3 is 2.71 bits per heavy atom. The summed E-state index contributed by atoms with van der Waals surface area (Å²) in [7, 11) is 0. The molecule has 2 heterocycles. The van der Waals surface area contributed by atoms with Crippen molar-refractivity contribution in [2.75, 3.05) is 23.8 Å². The standard InChI is InChI=1S/C7H13N7/c1-3-12(4-2)13-5-9-14-6(8)10-11-7(13)14/h5H,3-4H2,1-2H3,(H2,8,10). The van der Waals surface area contributed by atoms with Gasteiger partial charge in [0.05, 0.1) is 0 Å². The number of nitrogens with zero attached hydrogens (tertiary/aromatic N) is 6. The molecule has 0 fully saturated rings. The Morgan fingerprint density at radius 2 is 2.07 bits per heavy atom. The van der Waals surface area contributed by atoms with E-state index >= 15 is 0 Å². The zero-order valence-electron chi connectivity index (χ0n) is 8.25. The Morgan fingerprint density at radius 1 is 1.36 bits per heavy atom. The van der Waals surface area contributed by atoms with E-state index in [1.807, 2.05) is 4.68 Å². The number of fused-ring (bicyclic) bond motifs is 1. The van der Waals surface area contributed by atoms with E-state index in [4.69, 9.17) is 5.73 Å². The van der Waals surface area contributed by atoms with Gasteiger partial charge in [0, 0.05) is 13.1 Å². The van der Waals surface area contributed by atoms with Crippen molar-refractivity contribution in [3.05, 3.63) is 6.33 Å². The smallest absolute Gasteiger partial charge is 0.274 e. The van der Waals surface area contributed by atoms with Crippen molar-refractivity contribution in [1.29, 1.82) is 0 Å². The molecule has 0 saturated carbocycles. The average Bonchev–Trinajstić information content (AvgIpc) is 2.74. The average molecular weight is 195 g/mol. The highest BCUT2D eigenvalue weighted by Gasteiger charge is 2.11. The molecule has 2 aromatic rings. The van der Waals surface area contributed by atoms with Crippen LogP contribution in [0, 0.1) is 0 Å². The molecule has 7 nitrogen and oxygen atoms in total. The molecular formula is C7H13N7. The molecular weight excluding hydrogens is 182 g/mol. The summed E-state index contributed by atoms with van der Waals surface area (Å²) in [6.07, 6.45) is 1.69. The van der Waals surface area contributed by atoms with Crippen LogP contribution < -0.4 is 10.7 Å². The molecule has 0 radical (unpaired) electrons. The van der Waals surface area contributed by atoms with Gasteiger partial charge in [-0.1, -0.05) is 0 Å². The lowest BCUT2D eigenvalue weighted by Gasteiger charge is -2.20. The number of nitrogen functional groups attached to an aromatic ring is 1. The van der Waals surface area contributed by atoms with Crippen molar-refractivity contribution in [2.24, 2.45) is 0 Å². The molecule has 0 bridgehead atoms. The maximum absolute atomic E-state index is 5.57. The lowest BCUT2D eigenvalue weighted by Crippen LogP contribution is -2.33. The summed E-state index contributed by atoms with van der Waals surface area (Å²) >= 11 is 0. The third kappa shape index (κ3) is 1.09. The maximum atomic E-state index is 5.57. The van der Waals surface area contributed by atoms with Crippen LogP contribution in [-0.4, -0.2) is 37.6 Å². The first kappa shape index (κ1) is 8.79. The van der Waals surface area contributed by atoms with Crippen LogP contribution in [0.5, 0.6) is 0 Å². The van der Waals surface area contributed by atoms with E-state index in [0.717, 1.165) is 13.1 Å². The molecule has 0 spiro atoms. The largest absolute Gasteiger partial charge is 0.366 e. The van der Waals surface area contributed by atoms with Crippen LogP contribution in [0.15, 0.2) is 6.33 Å². The van der Waals surface area contributed by atoms with Crippen molar-refractivity contribution in [3.63, 3.8) is 0 Å². The molecule has 7 heteroatoms. The highest BCUT2D eigenvalue weighted by atomic mass is 15.6. The monoisotopic (exact) mass is 195 g/mol. The minimum atomic E-state index is 0.311. The molecule has 0 saturated heterocycles. The van der Waals surface area contributed by atoms with Crippen LogP contribution in [-0.2, 0) is 0 Å². The summed E-state index contributed by atoms with van der Waals surface area (Å²) in [4.78, 5) is 0. The van der Waals surface area contributed by atoms with Crippen LogP contribution in [0.3, 0.4) is 0 Å². The predicted molar refractivity (Wildman–Crippen MR) is 52.5 cm³/mol. The number of hydrogen-bond donors (Lipinski definition) is 1. The van der Waals surface area contributed by atoms with Crippen molar-refractivity contribution < 1.29 is 0 Å². The third-order valence-electron chi connectivity index (χ3n) is 2.16. The molecule has 76 valence electrons. The molecule has 0 aromatic carbocycles. The van der Waals surface area contributed by atoms with Crippen molar-refractivity contribution in [3.8, 4) is 0 Å². The van der Waals surface area contributed by atoms with Crippen LogP contribution in [0.25, 0.3) is 5.78 Å². The lowest BCUT2D eigenvalue weighted by molar-refractivity contribution is 0.628. The molecule has 0 aliphatic heterocycles. The van der Waals surface area contributed by atoms with Crippen molar-refractivity contribution in [1.82, 2.24) is 24.5 Å². The zero-order chi connectivity index (χ0) is 10.1. The lowest BCUT2D eigenvalue weighted by atomic mass is 10.6. The molecule has 0 aliphatic rings. The van der Waals surface area contributed by atoms with Crippen LogP contribution >= 0.6 is 0 Å². The first-order chi connectivity index (χ1) is 6.77. The number of nitrogens with two attached hydrogens (primary N) is 1. The number of hydrogen-bond acceptors (Lipinski definition) is 5. The van der Waals surface area contributed by atoms with Crippen LogP contribution in [0.1, 0.15) is 13.8 Å².